The SMILES string of the molecule is CC(C)(C)OC1=C2N=C(C(F)(F)F)C#CC2C(c2nc(C(=O)N3CCCC4(C[C@H]4Nc4ncccn4)C3)c(CN)o2)C=C1. The molecule has 2 aromatic heterocycles. The average Bonchev–Trinajstić information content (AvgIpc) is 3.41. The standard InChI is InChI=1S/C30H32F3N7O3/c1-28(2,3)43-19-8-6-18(17-7-9-21(30(31,32)33)37-23(17)19)25-39-24(20(15-34)42-25)26(41)40-13-4-10-29(16-40)14-22(29)38-27-35-11-5-12-36-27/h5-6,8,11-12,17-18,22H,4,10,13-16,34H2,1-3H3,(H,35,36,38)/t17?,18?,22-,29?/m1/s1. The zero-order chi connectivity index (χ0) is 30.6. The molecule has 0 aromatic carbocycles. The number of likely N-dealkylation sites (tertiary alicyclic amines) is 1. The van der Waals surface area contributed by atoms with Crippen molar-refractivity contribution < 1.29 is 27.1 Å². The molecule has 3 unspecified atom stereocenters. The Kier molecular flexibility index (Phi) is 7.07. The Bertz CT molecular complexity index is 1580. The minimum atomic E-state index is -4.71. The number of nitrogens with zero attached hydrogens (tertiary/aromatic N) is 5. The Labute approximate surface area is 246 Å². The van der Waals surface area contributed by atoms with Crippen LogP contribution in [0.5, 0.6) is 0 Å². The third kappa shape index (κ3) is 5.76. The molecule has 1 saturated heterocycles. The lowest BCUT2D eigenvalue weighted by Gasteiger charge is -2.33. The summed E-state index contributed by atoms with van der Waals surface area (Å²) in [5, 5.41) is 3.37. The van der Waals surface area contributed by atoms with Gasteiger partial charge in [0.05, 0.1) is 24.1 Å². The monoisotopic (exact) mass is 595 g/mol. The van der Waals surface area contributed by atoms with Gasteiger partial charge < -0.3 is 25.1 Å². The Morgan fingerprint density at radius 2 is 2.05 bits per heavy atom. The van der Waals surface area contributed by atoms with Gasteiger partial charge in [-0.1, -0.05) is 12.0 Å². The first-order valence-electron chi connectivity index (χ1n) is 14.2. The summed E-state index contributed by atoms with van der Waals surface area (Å²) in [6.45, 7) is 6.39. The number of hydrogen-bond acceptors (Lipinski definition) is 9. The van der Waals surface area contributed by atoms with Crippen LogP contribution in [0.15, 0.2) is 51.5 Å². The van der Waals surface area contributed by atoms with Crippen molar-refractivity contribution in [3.63, 3.8) is 0 Å². The molecule has 1 spiro atoms. The van der Waals surface area contributed by atoms with Crippen LogP contribution in [0.4, 0.5) is 19.1 Å². The Morgan fingerprint density at radius 1 is 1.28 bits per heavy atom. The van der Waals surface area contributed by atoms with E-state index in [0.717, 1.165) is 19.3 Å². The van der Waals surface area contributed by atoms with E-state index < -0.39 is 29.3 Å². The minimum Gasteiger partial charge on any atom is -0.486 e. The van der Waals surface area contributed by atoms with Crippen molar-refractivity contribution in [2.45, 2.75) is 70.3 Å². The van der Waals surface area contributed by atoms with Gasteiger partial charge in [0.1, 0.15) is 11.4 Å². The summed E-state index contributed by atoms with van der Waals surface area (Å²) < 4.78 is 52.5. The highest BCUT2D eigenvalue weighted by Gasteiger charge is 2.57. The smallest absolute Gasteiger partial charge is 0.441 e. The normalized spacial score (nSPS) is 26.4. The summed E-state index contributed by atoms with van der Waals surface area (Å²) in [6, 6.07) is 1.91. The van der Waals surface area contributed by atoms with Crippen LogP contribution in [0.25, 0.3) is 0 Å². The number of aliphatic imine (C=N–C) groups is 1. The first-order valence-corrected chi connectivity index (χ1v) is 14.2. The number of nitrogens with one attached hydrogen (secondary N) is 1. The highest BCUT2D eigenvalue weighted by Crippen LogP contribution is 2.53. The molecule has 226 valence electrons. The number of aromatic nitrogens is 3. The second-order valence-corrected chi connectivity index (χ2v) is 12.2. The quantitative estimate of drug-likeness (QED) is 0.472. The van der Waals surface area contributed by atoms with Crippen molar-refractivity contribution in [1.82, 2.24) is 19.9 Å². The van der Waals surface area contributed by atoms with Crippen molar-refractivity contribution in [3.8, 4) is 11.8 Å². The molecule has 2 fully saturated rings. The fourth-order valence-corrected chi connectivity index (χ4v) is 5.90. The lowest BCUT2D eigenvalue weighted by Crippen LogP contribution is -2.43. The second kappa shape index (κ2) is 10.5. The highest BCUT2D eigenvalue weighted by atomic mass is 19.4. The molecule has 4 aliphatic rings. The Morgan fingerprint density at radius 3 is 2.74 bits per heavy atom. The molecule has 4 atom stereocenters. The second-order valence-electron chi connectivity index (χ2n) is 12.2. The van der Waals surface area contributed by atoms with Crippen LogP contribution in [0, 0.1) is 23.2 Å². The number of ether oxygens (including phenoxy) is 1. The van der Waals surface area contributed by atoms with Gasteiger partial charge in [-0.05, 0) is 58.1 Å². The first-order chi connectivity index (χ1) is 20.4. The van der Waals surface area contributed by atoms with Gasteiger partial charge in [-0.3, -0.25) is 4.79 Å². The number of amides is 1. The zero-order valence-corrected chi connectivity index (χ0v) is 24.0. The van der Waals surface area contributed by atoms with Gasteiger partial charge in [0.2, 0.25) is 11.8 Å². The Balaban J connectivity index is 1.24. The van der Waals surface area contributed by atoms with E-state index in [4.69, 9.17) is 14.9 Å². The molecule has 1 saturated carbocycles. The molecule has 0 bridgehead atoms. The summed E-state index contributed by atoms with van der Waals surface area (Å²) in [5.74, 6) is 4.13. The number of piperidine rings is 1. The van der Waals surface area contributed by atoms with Gasteiger partial charge in [0.15, 0.2) is 17.2 Å². The van der Waals surface area contributed by atoms with E-state index in [9.17, 15) is 18.0 Å². The largest absolute Gasteiger partial charge is 0.486 e. The first kappa shape index (κ1) is 28.9. The number of oxazole rings is 1. The molecule has 0 radical (unpaired) electrons. The van der Waals surface area contributed by atoms with Crippen molar-refractivity contribution in [1.29, 1.82) is 0 Å². The van der Waals surface area contributed by atoms with Crippen molar-refractivity contribution in [2.75, 3.05) is 18.4 Å². The summed E-state index contributed by atoms with van der Waals surface area (Å²) in [6.07, 6.45) is 4.61. The topological polar surface area (TPSA) is 132 Å². The number of nitrogens with two attached hydrogens (primary N) is 1. The molecular formula is C30H32F3N7O3. The molecule has 13 heteroatoms. The lowest BCUT2D eigenvalue weighted by molar-refractivity contribution is -0.0573. The average molecular weight is 596 g/mol. The molecule has 43 heavy (non-hydrogen) atoms. The van der Waals surface area contributed by atoms with Crippen LogP contribution in [0.3, 0.4) is 0 Å². The van der Waals surface area contributed by atoms with E-state index >= 15 is 0 Å². The number of fused-ring (bicyclic) bond motifs is 1. The summed E-state index contributed by atoms with van der Waals surface area (Å²) in [4.78, 5) is 32.5. The number of carbonyl (C=O) groups is 1. The zero-order valence-electron chi connectivity index (χ0n) is 24.0. The van der Waals surface area contributed by atoms with Crippen LogP contribution in [-0.4, -0.2) is 62.4 Å². The maximum absolute atomic E-state index is 13.8. The van der Waals surface area contributed by atoms with E-state index in [1.807, 2.05) is 0 Å². The van der Waals surface area contributed by atoms with Crippen molar-refractivity contribution >= 4 is 17.6 Å². The molecule has 3 N–H and O–H groups in total. The van der Waals surface area contributed by atoms with E-state index in [0.29, 0.717) is 19.0 Å². The summed E-state index contributed by atoms with van der Waals surface area (Å²) in [5.41, 5.74) is 4.16. The van der Waals surface area contributed by atoms with Crippen LogP contribution in [-0.2, 0) is 11.3 Å². The number of alkyl halides is 3. The third-order valence-electron chi connectivity index (χ3n) is 7.97. The van der Waals surface area contributed by atoms with Crippen LogP contribution in [0.2, 0.25) is 0 Å². The minimum absolute atomic E-state index is 0.0431. The van der Waals surface area contributed by atoms with Crippen molar-refractivity contribution in [3.05, 3.63) is 59.4 Å². The maximum atomic E-state index is 13.8. The predicted octanol–water partition coefficient (Wildman–Crippen LogP) is 4.35. The van der Waals surface area contributed by atoms with Gasteiger partial charge in [-0.2, -0.15) is 13.2 Å². The number of carbonyl (C=O) groups excluding carboxylic acids is 1. The molecule has 2 aromatic rings. The number of hydrogen-bond donors (Lipinski definition) is 2. The molecule has 10 nitrogen and oxygen atoms in total. The van der Waals surface area contributed by atoms with Gasteiger partial charge in [0, 0.05) is 36.9 Å². The van der Waals surface area contributed by atoms with E-state index in [-0.39, 0.29) is 52.7 Å². The van der Waals surface area contributed by atoms with Crippen LogP contribution < -0.4 is 11.1 Å². The van der Waals surface area contributed by atoms with E-state index in [1.165, 1.54) is 0 Å². The Hall–Kier alpha value is -4.18. The molecule has 4 heterocycles. The van der Waals surface area contributed by atoms with Gasteiger partial charge in [-0.15, -0.1) is 0 Å². The fraction of sp³-hybridized carbons (Fsp3) is 0.500. The van der Waals surface area contributed by atoms with Crippen molar-refractivity contribution in [2.24, 2.45) is 22.1 Å². The molecule has 2 aliphatic carbocycles. The maximum Gasteiger partial charge on any atom is 0.441 e. The van der Waals surface area contributed by atoms with Gasteiger partial charge >= 0.3 is 6.18 Å². The number of anilines is 1. The van der Waals surface area contributed by atoms with Crippen LogP contribution in [0.1, 0.15) is 68.1 Å². The number of allylic oxidation sites excluding steroid dienone is 3. The van der Waals surface area contributed by atoms with Gasteiger partial charge in [-0.25, -0.2) is 19.9 Å². The number of rotatable bonds is 6. The molecule has 1 amide bonds. The van der Waals surface area contributed by atoms with Gasteiger partial charge in [0.25, 0.3) is 5.91 Å². The molecule has 6 rings (SSSR count). The van der Waals surface area contributed by atoms with Crippen LogP contribution >= 0.6 is 0 Å². The van der Waals surface area contributed by atoms with E-state index in [2.05, 4.69) is 37.1 Å². The molecule has 2 aliphatic heterocycles. The lowest BCUT2D eigenvalue weighted by atomic mass is 9.84. The summed E-state index contributed by atoms with van der Waals surface area (Å²) in [7, 11) is 0. The third-order valence-corrected chi connectivity index (χ3v) is 7.97. The highest BCUT2D eigenvalue weighted by molar-refractivity contribution is 6.06. The number of halogens is 3. The molecular weight excluding hydrogens is 563 g/mol. The fourth-order valence-electron chi connectivity index (χ4n) is 5.90. The summed E-state index contributed by atoms with van der Waals surface area (Å²) >= 11 is 0. The van der Waals surface area contributed by atoms with E-state index in [1.54, 1.807) is 56.3 Å². The predicted molar refractivity (Wildman–Crippen MR) is 151 cm³/mol.